The molecule has 36 heavy (non-hydrogen) atoms. The molecule has 1 amide bonds. The number of carboxylic acid groups (broad SMARTS) is 1. The van der Waals surface area contributed by atoms with Crippen LogP contribution in [-0.2, 0) is 11.4 Å². The van der Waals surface area contributed by atoms with Gasteiger partial charge in [-0.2, -0.15) is 0 Å². The number of amidine groups is 1. The summed E-state index contributed by atoms with van der Waals surface area (Å²) >= 11 is 1.20. The second-order valence-corrected chi connectivity index (χ2v) is 8.79. The number of nitrogens with zero attached hydrogens (tertiary/aromatic N) is 2. The summed E-state index contributed by atoms with van der Waals surface area (Å²) in [6.07, 6.45) is 1.73. The minimum absolute atomic E-state index is 0.118. The van der Waals surface area contributed by atoms with Crippen LogP contribution in [0.5, 0.6) is 11.5 Å². The fraction of sp³-hybridized carbons (Fsp3) is 0.148. The van der Waals surface area contributed by atoms with Gasteiger partial charge in [-0.3, -0.25) is 9.69 Å². The summed E-state index contributed by atoms with van der Waals surface area (Å²) in [6.45, 7) is 2.45. The maximum Gasteiger partial charge on any atom is 0.335 e. The summed E-state index contributed by atoms with van der Waals surface area (Å²) < 4.78 is 25.0. The normalized spacial score (nSPS) is 15.5. The number of carboxylic acids is 1. The lowest BCUT2D eigenvalue weighted by molar-refractivity contribution is -0.121. The van der Waals surface area contributed by atoms with Gasteiger partial charge < -0.3 is 14.6 Å². The van der Waals surface area contributed by atoms with Gasteiger partial charge in [0.15, 0.2) is 16.7 Å². The van der Waals surface area contributed by atoms with Crippen molar-refractivity contribution in [2.24, 2.45) is 4.99 Å². The van der Waals surface area contributed by atoms with E-state index in [9.17, 15) is 19.1 Å². The number of benzene rings is 3. The molecule has 4 rings (SSSR count). The van der Waals surface area contributed by atoms with Crippen LogP contribution in [0.2, 0.25) is 0 Å². The number of carbonyl (C=O) groups is 2. The van der Waals surface area contributed by atoms with E-state index in [1.54, 1.807) is 55.6 Å². The van der Waals surface area contributed by atoms with Crippen molar-refractivity contribution in [1.29, 1.82) is 0 Å². The molecule has 0 unspecified atom stereocenters. The molecule has 7 nitrogen and oxygen atoms in total. The van der Waals surface area contributed by atoms with Crippen LogP contribution in [0, 0.1) is 5.82 Å². The van der Waals surface area contributed by atoms with Crippen molar-refractivity contribution in [2.45, 2.75) is 13.5 Å². The predicted octanol–water partition coefficient (Wildman–Crippen LogP) is 5.74. The van der Waals surface area contributed by atoms with Gasteiger partial charge in [0.2, 0.25) is 0 Å². The fourth-order valence-corrected chi connectivity index (χ4v) is 4.40. The summed E-state index contributed by atoms with van der Waals surface area (Å²) in [5.74, 6) is -0.589. The molecule has 3 aromatic carbocycles. The predicted molar refractivity (Wildman–Crippen MR) is 137 cm³/mol. The number of likely N-dealkylation sites (N-methyl/N-ethyl adjacent to an activating group) is 1. The summed E-state index contributed by atoms with van der Waals surface area (Å²) in [5.41, 5.74) is 1.99. The molecule has 1 fully saturated rings. The van der Waals surface area contributed by atoms with Gasteiger partial charge in [-0.1, -0.05) is 24.3 Å². The Hall–Kier alpha value is -4.11. The van der Waals surface area contributed by atoms with Crippen LogP contribution in [0.4, 0.5) is 10.1 Å². The number of halogens is 1. The van der Waals surface area contributed by atoms with Crippen LogP contribution in [0.3, 0.4) is 0 Å². The number of hydrogen-bond donors (Lipinski definition) is 1. The summed E-state index contributed by atoms with van der Waals surface area (Å²) in [4.78, 5) is 30.4. The van der Waals surface area contributed by atoms with Crippen molar-refractivity contribution in [1.82, 2.24) is 4.90 Å². The first kappa shape index (κ1) is 25.0. The van der Waals surface area contributed by atoms with Crippen LogP contribution in [0.25, 0.3) is 6.08 Å². The highest BCUT2D eigenvalue weighted by Gasteiger charge is 2.30. The van der Waals surface area contributed by atoms with E-state index in [4.69, 9.17) is 9.47 Å². The maximum atomic E-state index is 13.4. The lowest BCUT2D eigenvalue weighted by atomic mass is 10.1. The zero-order chi connectivity index (χ0) is 25.7. The van der Waals surface area contributed by atoms with E-state index >= 15 is 0 Å². The third-order valence-electron chi connectivity index (χ3n) is 5.17. The Balaban J connectivity index is 1.55. The minimum atomic E-state index is -1.05. The Morgan fingerprint density at radius 2 is 1.89 bits per heavy atom. The summed E-state index contributed by atoms with van der Waals surface area (Å²) in [5, 5.41) is 9.63. The van der Waals surface area contributed by atoms with Gasteiger partial charge in [0.25, 0.3) is 5.91 Å². The highest BCUT2D eigenvalue weighted by Crippen LogP contribution is 2.35. The first-order valence-corrected chi connectivity index (χ1v) is 11.9. The van der Waals surface area contributed by atoms with Gasteiger partial charge in [0.05, 0.1) is 22.8 Å². The van der Waals surface area contributed by atoms with Crippen molar-refractivity contribution >= 4 is 40.6 Å². The highest BCUT2D eigenvalue weighted by atomic mass is 32.2. The molecule has 0 saturated carbocycles. The van der Waals surface area contributed by atoms with Gasteiger partial charge in [0, 0.05) is 7.05 Å². The topological polar surface area (TPSA) is 88.4 Å². The molecule has 184 valence electrons. The number of carbonyl (C=O) groups excluding carboxylic acids is 1. The summed E-state index contributed by atoms with van der Waals surface area (Å²) in [6, 6.07) is 17.7. The van der Waals surface area contributed by atoms with Gasteiger partial charge in [-0.15, -0.1) is 0 Å². The SMILES string of the molecule is CCOc1cc(/C=C2\SC(=Nc3cccc(C(=O)O)c3)N(C)C2=O)ccc1OCc1cccc(F)c1. The van der Waals surface area contributed by atoms with Gasteiger partial charge in [0.1, 0.15) is 12.4 Å². The van der Waals surface area contributed by atoms with Crippen LogP contribution >= 0.6 is 11.8 Å². The quantitative estimate of drug-likeness (QED) is 0.392. The van der Waals surface area contributed by atoms with E-state index in [2.05, 4.69) is 4.99 Å². The van der Waals surface area contributed by atoms with Gasteiger partial charge in [-0.05, 0) is 78.4 Å². The van der Waals surface area contributed by atoms with E-state index < -0.39 is 5.97 Å². The number of aromatic carboxylic acids is 1. The average Bonchev–Trinajstić information content (AvgIpc) is 3.11. The van der Waals surface area contributed by atoms with Gasteiger partial charge in [-0.25, -0.2) is 14.2 Å². The molecule has 0 aliphatic carbocycles. The average molecular weight is 507 g/mol. The highest BCUT2D eigenvalue weighted by molar-refractivity contribution is 8.18. The minimum Gasteiger partial charge on any atom is -0.490 e. The molecule has 3 aromatic rings. The van der Waals surface area contributed by atoms with Crippen molar-refractivity contribution < 1.29 is 28.6 Å². The van der Waals surface area contributed by atoms with Crippen LogP contribution in [0.1, 0.15) is 28.4 Å². The number of amides is 1. The molecule has 0 spiro atoms. The molecule has 1 N–H and O–H groups in total. The number of ether oxygens (including phenoxy) is 2. The first-order chi connectivity index (χ1) is 17.3. The number of hydrogen-bond acceptors (Lipinski definition) is 6. The van der Waals surface area contributed by atoms with E-state index in [0.29, 0.717) is 39.4 Å². The van der Waals surface area contributed by atoms with Crippen LogP contribution in [0.15, 0.2) is 76.6 Å². The van der Waals surface area contributed by atoms with Gasteiger partial charge >= 0.3 is 5.97 Å². The molecule has 1 heterocycles. The molecular formula is C27H23FN2O5S. The smallest absolute Gasteiger partial charge is 0.335 e. The number of aliphatic imine (C=N–C) groups is 1. The molecule has 0 radical (unpaired) electrons. The Morgan fingerprint density at radius 3 is 2.64 bits per heavy atom. The standard InChI is InChI=1S/C27H23FN2O5S/c1-3-34-23-13-17(10-11-22(23)35-16-18-6-4-8-20(28)12-18)14-24-25(31)30(2)27(36-24)29-21-9-5-7-19(15-21)26(32)33/h4-15H,3,16H2,1-2H3,(H,32,33)/b24-14-,29-27?. The lowest BCUT2D eigenvalue weighted by Crippen LogP contribution is -2.23. The fourth-order valence-electron chi connectivity index (χ4n) is 3.41. The second kappa shape index (κ2) is 11.1. The van der Waals surface area contributed by atoms with E-state index in [1.165, 1.54) is 40.9 Å². The Morgan fingerprint density at radius 1 is 1.08 bits per heavy atom. The van der Waals surface area contributed by atoms with E-state index in [1.807, 2.05) is 6.92 Å². The van der Waals surface area contributed by atoms with Crippen molar-refractivity contribution in [3.63, 3.8) is 0 Å². The molecule has 0 atom stereocenters. The molecule has 0 aromatic heterocycles. The summed E-state index contributed by atoms with van der Waals surface area (Å²) in [7, 11) is 1.62. The maximum absolute atomic E-state index is 13.4. The third kappa shape index (κ3) is 5.92. The van der Waals surface area contributed by atoms with E-state index in [0.717, 1.165) is 5.56 Å². The van der Waals surface area contributed by atoms with Crippen LogP contribution in [-0.4, -0.2) is 40.7 Å². The Labute approximate surface area is 211 Å². The lowest BCUT2D eigenvalue weighted by Gasteiger charge is -2.13. The largest absolute Gasteiger partial charge is 0.490 e. The Bertz CT molecular complexity index is 1370. The second-order valence-electron chi connectivity index (χ2n) is 7.78. The zero-order valence-electron chi connectivity index (χ0n) is 19.6. The van der Waals surface area contributed by atoms with Crippen molar-refractivity contribution in [3.05, 3.63) is 94.1 Å². The Kier molecular flexibility index (Phi) is 7.70. The third-order valence-corrected chi connectivity index (χ3v) is 6.23. The number of thioether (sulfide) groups is 1. The molecule has 1 saturated heterocycles. The van der Waals surface area contributed by atoms with Crippen molar-refractivity contribution in [3.8, 4) is 11.5 Å². The molecular weight excluding hydrogens is 483 g/mol. The molecule has 9 heteroatoms. The zero-order valence-corrected chi connectivity index (χ0v) is 20.4. The first-order valence-electron chi connectivity index (χ1n) is 11.1. The van der Waals surface area contributed by atoms with E-state index in [-0.39, 0.29) is 23.9 Å². The molecule has 1 aliphatic rings. The molecule has 0 bridgehead atoms. The van der Waals surface area contributed by atoms with Crippen LogP contribution < -0.4 is 9.47 Å². The monoisotopic (exact) mass is 506 g/mol. The molecule has 1 aliphatic heterocycles. The van der Waals surface area contributed by atoms with Crippen molar-refractivity contribution in [2.75, 3.05) is 13.7 Å². The number of rotatable bonds is 8.